The van der Waals surface area contributed by atoms with E-state index in [1.165, 1.54) is 6.33 Å². The highest BCUT2D eigenvalue weighted by molar-refractivity contribution is 6.30. The molecule has 88 valence electrons. The van der Waals surface area contributed by atoms with Gasteiger partial charge in [0.25, 0.3) is 0 Å². The van der Waals surface area contributed by atoms with Crippen molar-refractivity contribution in [2.75, 3.05) is 0 Å². The van der Waals surface area contributed by atoms with Gasteiger partial charge in [-0.2, -0.15) is 0 Å². The highest BCUT2D eigenvalue weighted by atomic mass is 35.5. The Hall–Kier alpha value is -1.49. The first-order valence-electron chi connectivity index (χ1n) is 5.26. The largest absolute Gasteiger partial charge is 0.271 e. The van der Waals surface area contributed by atoms with Crippen LogP contribution in [0.15, 0.2) is 42.9 Å². The zero-order valence-electron chi connectivity index (χ0n) is 9.18. The fraction of sp³-hybridized carbons (Fsp3) is 0.167. The lowest BCUT2D eigenvalue weighted by Gasteiger charge is -2.14. The van der Waals surface area contributed by atoms with Crippen molar-refractivity contribution in [1.82, 2.24) is 15.4 Å². The van der Waals surface area contributed by atoms with Gasteiger partial charge in [-0.05, 0) is 30.2 Å². The Morgan fingerprint density at radius 3 is 2.59 bits per heavy atom. The first-order valence-corrected chi connectivity index (χ1v) is 5.64. The number of aromatic nitrogens is 2. The lowest BCUT2D eigenvalue weighted by molar-refractivity contribution is 0.537. The highest BCUT2D eigenvalue weighted by Gasteiger charge is 2.11. The van der Waals surface area contributed by atoms with E-state index in [4.69, 9.17) is 17.4 Å². The Labute approximate surface area is 105 Å². The molecule has 0 bridgehead atoms. The minimum absolute atomic E-state index is 0.0285. The molecule has 0 spiro atoms. The molecule has 0 fully saturated rings. The summed E-state index contributed by atoms with van der Waals surface area (Å²) in [7, 11) is 0. The molecule has 2 rings (SSSR count). The minimum atomic E-state index is -0.0285. The van der Waals surface area contributed by atoms with Crippen LogP contribution in [0, 0.1) is 0 Å². The third-order valence-corrected chi connectivity index (χ3v) is 2.77. The lowest BCUT2D eigenvalue weighted by atomic mass is 10.0. The average Bonchev–Trinajstić information content (AvgIpc) is 2.39. The summed E-state index contributed by atoms with van der Waals surface area (Å²) in [5, 5.41) is 0.730. The van der Waals surface area contributed by atoms with Gasteiger partial charge in [-0.1, -0.05) is 23.7 Å². The normalized spacial score (nSPS) is 12.4. The van der Waals surface area contributed by atoms with Crippen LogP contribution in [0.5, 0.6) is 0 Å². The van der Waals surface area contributed by atoms with Crippen LogP contribution in [0.2, 0.25) is 5.02 Å². The molecule has 0 saturated carbocycles. The summed E-state index contributed by atoms with van der Waals surface area (Å²) in [6.07, 6.45) is 3.97. The molecule has 1 unspecified atom stereocenters. The number of benzene rings is 1. The number of hydrogen-bond donors (Lipinski definition) is 2. The predicted molar refractivity (Wildman–Crippen MR) is 67.3 cm³/mol. The minimum Gasteiger partial charge on any atom is -0.271 e. The van der Waals surface area contributed by atoms with Crippen molar-refractivity contribution < 1.29 is 0 Å². The number of hydrogen-bond acceptors (Lipinski definition) is 4. The molecule has 0 aliphatic carbocycles. The van der Waals surface area contributed by atoms with Gasteiger partial charge < -0.3 is 0 Å². The summed E-state index contributed by atoms with van der Waals surface area (Å²) in [6, 6.07) is 9.51. The molecule has 0 saturated heterocycles. The summed E-state index contributed by atoms with van der Waals surface area (Å²) in [6.45, 7) is 0. The SMILES string of the molecule is NNC(Cc1ccc(Cl)cc1)c1ccncn1. The van der Waals surface area contributed by atoms with Crippen LogP contribution in [0.4, 0.5) is 0 Å². The maximum absolute atomic E-state index is 5.84. The van der Waals surface area contributed by atoms with E-state index in [9.17, 15) is 0 Å². The Kier molecular flexibility index (Phi) is 4.03. The molecule has 1 heterocycles. The van der Waals surface area contributed by atoms with E-state index in [1.807, 2.05) is 30.3 Å². The average molecular weight is 249 g/mol. The summed E-state index contributed by atoms with van der Waals surface area (Å²) in [5.41, 5.74) is 4.78. The third-order valence-electron chi connectivity index (χ3n) is 2.52. The first-order chi connectivity index (χ1) is 8.29. The Morgan fingerprint density at radius 1 is 1.24 bits per heavy atom. The summed E-state index contributed by atoms with van der Waals surface area (Å²) < 4.78 is 0. The summed E-state index contributed by atoms with van der Waals surface area (Å²) in [4.78, 5) is 8.07. The summed E-state index contributed by atoms with van der Waals surface area (Å²) >= 11 is 5.84. The van der Waals surface area contributed by atoms with Gasteiger partial charge in [-0.3, -0.25) is 11.3 Å². The van der Waals surface area contributed by atoms with E-state index in [1.54, 1.807) is 6.20 Å². The zero-order chi connectivity index (χ0) is 12.1. The van der Waals surface area contributed by atoms with E-state index in [0.29, 0.717) is 0 Å². The number of nitrogens with one attached hydrogen (secondary N) is 1. The quantitative estimate of drug-likeness (QED) is 0.641. The van der Waals surface area contributed by atoms with Gasteiger partial charge >= 0.3 is 0 Å². The smallest absolute Gasteiger partial charge is 0.115 e. The molecule has 1 aromatic heterocycles. The van der Waals surface area contributed by atoms with E-state index in [0.717, 1.165) is 22.7 Å². The van der Waals surface area contributed by atoms with Gasteiger partial charge in [0.05, 0.1) is 11.7 Å². The van der Waals surface area contributed by atoms with Crippen LogP contribution in [-0.4, -0.2) is 9.97 Å². The van der Waals surface area contributed by atoms with Gasteiger partial charge in [-0.25, -0.2) is 9.97 Å². The number of halogens is 1. The highest BCUT2D eigenvalue weighted by Crippen LogP contribution is 2.17. The molecule has 2 aromatic rings. The molecular formula is C12H13ClN4. The number of nitrogens with zero attached hydrogens (tertiary/aromatic N) is 2. The second-order valence-electron chi connectivity index (χ2n) is 3.68. The maximum Gasteiger partial charge on any atom is 0.115 e. The first kappa shape index (κ1) is 12.0. The van der Waals surface area contributed by atoms with Gasteiger partial charge in [-0.15, -0.1) is 0 Å². The Balaban J connectivity index is 2.13. The number of nitrogens with two attached hydrogens (primary N) is 1. The van der Waals surface area contributed by atoms with Gasteiger partial charge in [0.1, 0.15) is 6.33 Å². The topological polar surface area (TPSA) is 63.8 Å². The van der Waals surface area contributed by atoms with Crippen molar-refractivity contribution in [3.63, 3.8) is 0 Å². The zero-order valence-corrected chi connectivity index (χ0v) is 9.93. The molecule has 5 heteroatoms. The van der Waals surface area contributed by atoms with Crippen molar-refractivity contribution >= 4 is 11.6 Å². The monoisotopic (exact) mass is 248 g/mol. The molecule has 3 N–H and O–H groups in total. The van der Waals surface area contributed by atoms with E-state index in [2.05, 4.69) is 15.4 Å². The van der Waals surface area contributed by atoms with Crippen LogP contribution in [0.1, 0.15) is 17.3 Å². The number of rotatable bonds is 4. The number of hydrazine groups is 1. The van der Waals surface area contributed by atoms with Gasteiger partial charge in [0, 0.05) is 11.2 Å². The second kappa shape index (κ2) is 5.72. The molecule has 0 amide bonds. The van der Waals surface area contributed by atoms with E-state index in [-0.39, 0.29) is 6.04 Å². The van der Waals surface area contributed by atoms with Crippen molar-refractivity contribution in [3.05, 3.63) is 59.1 Å². The second-order valence-corrected chi connectivity index (χ2v) is 4.12. The van der Waals surface area contributed by atoms with Crippen molar-refractivity contribution in [1.29, 1.82) is 0 Å². The van der Waals surface area contributed by atoms with E-state index < -0.39 is 0 Å². The molecule has 0 aliphatic rings. The molecule has 1 atom stereocenters. The fourth-order valence-corrected chi connectivity index (χ4v) is 1.74. The van der Waals surface area contributed by atoms with Crippen LogP contribution in [0.25, 0.3) is 0 Å². The summed E-state index contributed by atoms with van der Waals surface area (Å²) in [5.74, 6) is 5.55. The Morgan fingerprint density at radius 2 is 2.00 bits per heavy atom. The van der Waals surface area contributed by atoms with Gasteiger partial charge in [0.2, 0.25) is 0 Å². The van der Waals surface area contributed by atoms with Crippen LogP contribution < -0.4 is 11.3 Å². The van der Waals surface area contributed by atoms with Crippen molar-refractivity contribution in [2.24, 2.45) is 5.84 Å². The molecule has 0 radical (unpaired) electrons. The van der Waals surface area contributed by atoms with Crippen molar-refractivity contribution in [3.8, 4) is 0 Å². The molecule has 0 aliphatic heterocycles. The van der Waals surface area contributed by atoms with E-state index >= 15 is 0 Å². The fourth-order valence-electron chi connectivity index (χ4n) is 1.61. The molecular weight excluding hydrogens is 236 g/mol. The maximum atomic E-state index is 5.84. The predicted octanol–water partition coefficient (Wildman–Crippen LogP) is 1.88. The van der Waals surface area contributed by atoms with Crippen LogP contribution >= 0.6 is 11.6 Å². The molecule has 4 nitrogen and oxygen atoms in total. The van der Waals surface area contributed by atoms with Crippen molar-refractivity contribution in [2.45, 2.75) is 12.5 Å². The Bertz CT molecular complexity index is 458. The van der Waals surface area contributed by atoms with Gasteiger partial charge in [0.15, 0.2) is 0 Å². The molecule has 17 heavy (non-hydrogen) atoms. The standard InChI is InChI=1S/C12H13ClN4/c13-10-3-1-9(2-4-10)7-12(17-14)11-5-6-15-8-16-11/h1-6,8,12,17H,7,14H2. The molecule has 1 aromatic carbocycles. The third kappa shape index (κ3) is 3.23. The lowest BCUT2D eigenvalue weighted by Crippen LogP contribution is -2.30. The van der Waals surface area contributed by atoms with Crippen LogP contribution in [-0.2, 0) is 6.42 Å². The van der Waals surface area contributed by atoms with Crippen LogP contribution in [0.3, 0.4) is 0 Å².